The monoisotopic (exact) mass is 518 g/mol. The highest BCUT2D eigenvalue weighted by Gasteiger charge is 2.35. The summed E-state index contributed by atoms with van der Waals surface area (Å²) in [5, 5.41) is 6.80. The second-order valence-electron chi connectivity index (χ2n) is 8.33. The van der Waals surface area contributed by atoms with Gasteiger partial charge in [-0.15, -0.1) is 0 Å². The van der Waals surface area contributed by atoms with Gasteiger partial charge in [0.05, 0.1) is 10.9 Å². The first-order valence-electron chi connectivity index (χ1n) is 11.1. The lowest BCUT2D eigenvalue weighted by molar-refractivity contribution is -0.120. The minimum Gasteiger partial charge on any atom is -0.486 e. The van der Waals surface area contributed by atoms with Crippen molar-refractivity contribution in [2.24, 2.45) is 5.92 Å². The molecule has 0 aliphatic carbocycles. The number of hydrogen-bond donors (Lipinski definition) is 1. The predicted octanol–water partition coefficient (Wildman–Crippen LogP) is 3.51. The molecule has 12 heteroatoms. The van der Waals surface area contributed by atoms with Gasteiger partial charge in [0, 0.05) is 37.3 Å². The first-order valence-corrected chi connectivity index (χ1v) is 12.9. The molecule has 1 fully saturated rings. The van der Waals surface area contributed by atoms with Gasteiger partial charge in [0.1, 0.15) is 18.1 Å². The minimum absolute atomic E-state index is 0.0423. The Kier molecular flexibility index (Phi) is 6.39. The molecule has 35 heavy (non-hydrogen) atoms. The quantitative estimate of drug-likeness (QED) is 0.544. The molecule has 2 aliphatic rings. The van der Waals surface area contributed by atoms with Crippen molar-refractivity contribution in [2.45, 2.75) is 24.7 Å². The fourth-order valence-electron chi connectivity index (χ4n) is 4.14. The number of aromatic nitrogens is 2. The van der Waals surface area contributed by atoms with Crippen LogP contribution in [0.2, 0.25) is 5.02 Å². The first kappa shape index (κ1) is 23.6. The van der Waals surface area contributed by atoms with E-state index in [-0.39, 0.29) is 34.7 Å². The lowest BCUT2D eigenvalue weighted by Crippen LogP contribution is -2.43. The number of nitrogens with zero attached hydrogens (tertiary/aromatic N) is 3. The molecule has 1 atom stereocenters. The molecule has 0 saturated carbocycles. The lowest BCUT2D eigenvalue weighted by atomic mass is 9.98. The first-order chi connectivity index (χ1) is 16.8. The zero-order valence-electron chi connectivity index (χ0n) is 18.9. The standard InChI is InChI=1S/C23H23ClN4O6S/c1-14-25-22(27-34-14)15-4-6-18(24)21(11-15)35(30,31)28-8-2-3-16(13-28)23(29)26-17-5-7-19-20(12-17)33-10-9-32-19/h4-7,11-12,16H,2-3,8-10,13H2,1H3,(H,26,29). The molecular formula is C23H23ClN4O6S. The van der Waals surface area contributed by atoms with Gasteiger partial charge in [0.15, 0.2) is 11.5 Å². The van der Waals surface area contributed by atoms with Crippen LogP contribution < -0.4 is 14.8 Å². The highest BCUT2D eigenvalue weighted by atomic mass is 35.5. The SMILES string of the molecule is Cc1nc(-c2ccc(Cl)c(S(=O)(=O)N3CCCC(C(=O)Nc4ccc5c(c4)OCCO5)C3)c2)no1. The molecule has 0 radical (unpaired) electrons. The van der Waals surface area contributed by atoms with E-state index in [0.29, 0.717) is 54.7 Å². The maximum Gasteiger partial charge on any atom is 0.244 e. The summed E-state index contributed by atoms with van der Waals surface area (Å²) >= 11 is 6.29. The Bertz CT molecular complexity index is 1380. The van der Waals surface area contributed by atoms with Gasteiger partial charge in [-0.05, 0) is 43.2 Å². The van der Waals surface area contributed by atoms with Crippen LogP contribution in [-0.4, -0.2) is 55.1 Å². The van der Waals surface area contributed by atoms with Crippen LogP contribution in [0.1, 0.15) is 18.7 Å². The number of carbonyl (C=O) groups excluding carboxylic acids is 1. The third-order valence-corrected chi connectivity index (χ3v) is 8.25. The van der Waals surface area contributed by atoms with Crippen LogP contribution >= 0.6 is 11.6 Å². The third kappa shape index (κ3) is 4.84. The van der Waals surface area contributed by atoms with Gasteiger partial charge in [-0.25, -0.2) is 8.42 Å². The summed E-state index contributed by atoms with van der Waals surface area (Å²) in [6.07, 6.45) is 1.11. The van der Waals surface area contributed by atoms with Crippen LogP contribution in [0.4, 0.5) is 5.69 Å². The van der Waals surface area contributed by atoms with Gasteiger partial charge in [-0.2, -0.15) is 9.29 Å². The molecule has 1 saturated heterocycles. The van der Waals surface area contributed by atoms with Gasteiger partial charge in [-0.3, -0.25) is 4.79 Å². The summed E-state index contributed by atoms with van der Waals surface area (Å²) in [7, 11) is -3.97. The summed E-state index contributed by atoms with van der Waals surface area (Å²) in [5.41, 5.74) is 1.03. The number of anilines is 1. The third-order valence-electron chi connectivity index (χ3n) is 5.90. The zero-order valence-corrected chi connectivity index (χ0v) is 20.4. The van der Waals surface area contributed by atoms with Gasteiger partial charge in [0.2, 0.25) is 27.6 Å². The summed E-state index contributed by atoms with van der Waals surface area (Å²) < 4.78 is 44.4. The van der Waals surface area contributed by atoms with Crippen molar-refractivity contribution in [2.75, 3.05) is 31.6 Å². The number of nitrogens with one attached hydrogen (secondary N) is 1. The highest BCUT2D eigenvalue weighted by molar-refractivity contribution is 7.89. The molecule has 2 aromatic carbocycles. The summed E-state index contributed by atoms with van der Waals surface area (Å²) in [6.45, 7) is 2.90. The Hall–Kier alpha value is -3.15. The van der Waals surface area contributed by atoms with Gasteiger partial charge >= 0.3 is 0 Å². The molecule has 0 spiro atoms. The normalized spacial score (nSPS) is 18.3. The predicted molar refractivity (Wildman–Crippen MR) is 127 cm³/mol. The van der Waals surface area contributed by atoms with Crippen molar-refractivity contribution >= 4 is 33.2 Å². The van der Waals surface area contributed by atoms with Gasteiger partial charge in [-0.1, -0.05) is 16.8 Å². The molecule has 1 aromatic heterocycles. The average molecular weight is 519 g/mol. The molecule has 1 N–H and O–H groups in total. The number of carbonyl (C=O) groups is 1. The summed E-state index contributed by atoms with van der Waals surface area (Å²) in [6, 6.07) is 9.72. The fourth-order valence-corrected chi connectivity index (χ4v) is 6.16. The maximum absolute atomic E-state index is 13.5. The molecular weight excluding hydrogens is 496 g/mol. The van der Waals surface area contributed by atoms with E-state index in [9.17, 15) is 13.2 Å². The van der Waals surface area contributed by atoms with Gasteiger partial charge in [0.25, 0.3) is 0 Å². The second-order valence-corrected chi connectivity index (χ2v) is 10.6. The van der Waals surface area contributed by atoms with Crippen LogP contribution in [0.5, 0.6) is 11.5 Å². The highest BCUT2D eigenvalue weighted by Crippen LogP contribution is 2.34. The molecule has 0 bridgehead atoms. The van der Waals surface area contributed by atoms with Crippen LogP contribution in [0.15, 0.2) is 45.8 Å². The van der Waals surface area contributed by atoms with Gasteiger partial charge < -0.3 is 19.3 Å². The van der Waals surface area contributed by atoms with Crippen LogP contribution in [0.25, 0.3) is 11.4 Å². The molecule has 1 amide bonds. The van der Waals surface area contributed by atoms with Crippen molar-refractivity contribution in [3.63, 3.8) is 0 Å². The zero-order chi connectivity index (χ0) is 24.6. The summed E-state index contributed by atoms with van der Waals surface area (Å²) in [4.78, 5) is 17.1. The molecule has 10 nitrogen and oxygen atoms in total. The lowest BCUT2D eigenvalue weighted by Gasteiger charge is -2.31. The topological polar surface area (TPSA) is 124 Å². The number of aryl methyl sites for hydroxylation is 1. The number of halogens is 1. The van der Waals surface area contributed by atoms with Crippen molar-refractivity contribution in [3.05, 3.63) is 47.3 Å². The van der Waals surface area contributed by atoms with E-state index < -0.39 is 15.9 Å². The molecule has 184 valence electrons. The van der Waals surface area contributed by atoms with Crippen molar-refractivity contribution in [3.8, 4) is 22.9 Å². The Morgan fingerprint density at radius 3 is 2.71 bits per heavy atom. The Morgan fingerprint density at radius 1 is 1.14 bits per heavy atom. The number of amides is 1. The smallest absolute Gasteiger partial charge is 0.244 e. The van der Waals surface area contributed by atoms with E-state index in [1.807, 2.05) is 0 Å². The maximum atomic E-state index is 13.5. The fraction of sp³-hybridized carbons (Fsp3) is 0.348. The van der Waals surface area contributed by atoms with Crippen molar-refractivity contribution in [1.29, 1.82) is 0 Å². The molecule has 3 heterocycles. The number of benzene rings is 2. The van der Waals surface area contributed by atoms with Crippen LogP contribution in [-0.2, 0) is 14.8 Å². The van der Waals surface area contributed by atoms with E-state index in [2.05, 4.69) is 15.5 Å². The van der Waals surface area contributed by atoms with Crippen LogP contribution in [0.3, 0.4) is 0 Å². The number of hydrogen-bond acceptors (Lipinski definition) is 8. The summed E-state index contributed by atoms with van der Waals surface area (Å²) in [5.74, 6) is 1.04. The Balaban J connectivity index is 1.33. The average Bonchev–Trinajstić information content (AvgIpc) is 3.30. The van der Waals surface area contributed by atoms with Crippen molar-refractivity contribution in [1.82, 2.24) is 14.4 Å². The number of piperidine rings is 1. The number of sulfonamides is 1. The van der Waals surface area contributed by atoms with E-state index >= 15 is 0 Å². The van der Waals surface area contributed by atoms with E-state index in [4.69, 9.17) is 25.6 Å². The van der Waals surface area contributed by atoms with Crippen LogP contribution in [0, 0.1) is 12.8 Å². The molecule has 3 aromatic rings. The Labute approximate surface area is 207 Å². The second kappa shape index (κ2) is 9.48. The van der Waals surface area contributed by atoms with Crippen molar-refractivity contribution < 1.29 is 27.2 Å². The minimum atomic E-state index is -3.97. The van der Waals surface area contributed by atoms with E-state index in [0.717, 1.165) is 0 Å². The largest absolute Gasteiger partial charge is 0.486 e. The number of ether oxygens (including phenoxy) is 2. The number of fused-ring (bicyclic) bond motifs is 1. The molecule has 2 aliphatic heterocycles. The number of rotatable bonds is 5. The molecule has 5 rings (SSSR count). The Morgan fingerprint density at radius 2 is 1.94 bits per heavy atom. The molecule has 1 unspecified atom stereocenters. The van der Waals surface area contributed by atoms with E-state index in [1.165, 1.54) is 16.4 Å². The van der Waals surface area contributed by atoms with E-state index in [1.54, 1.807) is 31.2 Å².